The summed E-state index contributed by atoms with van der Waals surface area (Å²) in [5, 5.41) is 5.14. The molecule has 1 aromatic heterocycles. The summed E-state index contributed by atoms with van der Waals surface area (Å²) in [6.07, 6.45) is 0. The van der Waals surface area contributed by atoms with E-state index < -0.39 is 0 Å². The van der Waals surface area contributed by atoms with Crippen molar-refractivity contribution < 1.29 is 4.42 Å². The number of fused-ring (bicyclic) bond motifs is 5. The second kappa shape index (κ2) is 3.50. The summed E-state index contributed by atoms with van der Waals surface area (Å²) in [7, 11) is 0. The van der Waals surface area contributed by atoms with Gasteiger partial charge in [-0.25, -0.2) is 0 Å². The number of benzene rings is 3. The molecule has 0 unspecified atom stereocenters. The summed E-state index contributed by atoms with van der Waals surface area (Å²) in [5.41, 5.74) is 1.83. The van der Waals surface area contributed by atoms with Crippen LogP contribution in [0.15, 0.2) is 59.0 Å². The first-order chi connectivity index (χ1) is 8.84. The monoisotopic (exact) mass is 252 g/mol. The van der Waals surface area contributed by atoms with Crippen LogP contribution < -0.4 is 0 Å². The predicted octanol–water partition coefficient (Wildman–Crippen LogP) is 5.39. The quantitative estimate of drug-likeness (QED) is 0.409. The van der Waals surface area contributed by atoms with Crippen LogP contribution in [0.2, 0.25) is 5.02 Å². The zero-order valence-electron chi connectivity index (χ0n) is 9.48. The summed E-state index contributed by atoms with van der Waals surface area (Å²) in [6.45, 7) is 0. The van der Waals surface area contributed by atoms with Crippen LogP contribution in [0.5, 0.6) is 0 Å². The van der Waals surface area contributed by atoms with Gasteiger partial charge in [0.2, 0.25) is 0 Å². The summed E-state index contributed by atoms with van der Waals surface area (Å²) in [4.78, 5) is 0. The molecule has 0 atom stereocenters. The van der Waals surface area contributed by atoms with Gasteiger partial charge >= 0.3 is 0 Å². The minimum Gasteiger partial charge on any atom is -0.455 e. The van der Waals surface area contributed by atoms with E-state index in [-0.39, 0.29) is 0 Å². The molecule has 4 aromatic rings. The number of hydrogen-bond donors (Lipinski definition) is 0. The standard InChI is InChI=1S/C16H9ClO/c17-14-6-3-5-12-10(14)8-9-13-11-4-1-2-7-15(11)18-16(12)13/h1-9H. The lowest BCUT2D eigenvalue weighted by atomic mass is 10.1. The van der Waals surface area contributed by atoms with Crippen molar-refractivity contribution in [3.8, 4) is 0 Å². The molecule has 2 heteroatoms. The van der Waals surface area contributed by atoms with Crippen molar-refractivity contribution in [1.29, 1.82) is 0 Å². The van der Waals surface area contributed by atoms with E-state index in [0.29, 0.717) is 0 Å². The van der Waals surface area contributed by atoms with Gasteiger partial charge < -0.3 is 4.42 Å². The number of hydrogen-bond acceptors (Lipinski definition) is 1. The average Bonchev–Trinajstić information content (AvgIpc) is 2.78. The maximum atomic E-state index is 6.21. The first-order valence-electron chi connectivity index (χ1n) is 5.83. The third kappa shape index (κ3) is 1.22. The third-order valence-electron chi connectivity index (χ3n) is 3.35. The molecule has 3 aromatic carbocycles. The summed E-state index contributed by atoms with van der Waals surface area (Å²) in [5.74, 6) is 0. The molecule has 0 radical (unpaired) electrons. The van der Waals surface area contributed by atoms with E-state index in [0.717, 1.165) is 37.7 Å². The van der Waals surface area contributed by atoms with Gasteiger partial charge in [0, 0.05) is 26.6 Å². The molecule has 0 bridgehead atoms. The molecule has 0 aliphatic rings. The van der Waals surface area contributed by atoms with Gasteiger partial charge in [-0.2, -0.15) is 0 Å². The van der Waals surface area contributed by atoms with Crippen molar-refractivity contribution in [2.45, 2.75) is 0 Å². The maximum Gasteiger partial charge on any atom is 0.143 e. The highest BCUT2D eigenvalue weighted by molar-refractivity contribution is 6.36. The SMILES string of the molecule is Clc1cccc2c1ccc1c3ccccc3oc21. The predicted molar refractivity (Wildman–Crippen MR) is 76.2 cm³/mol. The molecule has 0 amide bonds. The van der Waals surface area contributed by atoms with Crippen LogP contribution in [0.25, 0.3) is 32.7 Å². The largest absolute Gasteiger partial charge is 0.455 e. The third-order valence-corrected chi connectivity index (χ3v) is 3.68. The molecule has 0 aliphatic carbocycles. The second-order valence-corrected chi connectivity index (χ2v) is 4.78. The Bertz CT molecular complexity index is 889. The first kappa shape index (κ1) is 9.98. The van der Waals surface area contributed by atoms with Crippen molar-refractivity contribution >= 4 is 44.3 Å². The Morgan fingerprint density at radius 3 is 2.33 bits per heavy atom. The van der Waals surface area contributed by atoms with Crippen LogP contribution in [0, 0.1) is 0 Å². The number of halogens is 1. The lowest BCUT2D eigenvalue weighted by Crippen LogP contribution is -1.74. The van der Waals surface area contributed by atoms with Crippen molar-refractivity contribution in [3.05, 3.63) is 59.6 Å². The van der Waals surface area contributed by atoms with E-state index in [1.54, 1.807) is 0 Å². The second-order valence-electron chi connectivity index (χ2n) is 4.38. The molecule has 86 valence electrons. The van der Waals surface area contributed by atoms with Crippen LogP contribution in [-0.4, -0.2) is 0 Å². The Morgan fingerprint density at radius 2 is 1.39 bits per heavy atom. The Hall–Kier alpha value is -1.99. The van der Waals surface area contributed by atoms with Crippen molar-refractivity contribution in [2.24, 2.45) is 0 Å². The zero-order valence-corrected chi connectivity index (χ0v) is 10.2. The minimum atomic E-state index is 0.759. The van der Waals surface area contributed by atoms with E-state index in [2.05, 4.69) is 18.2 Å². The Morgan fingerprint density at radius 1 is 0.667 bits per heavy atom. The van der Waals surface area contributed by atoms with E-state index in [1.807, 2.05) is 36.4 Å². The lowest BCUT2D eigenvalue weighted by molar-refractivity contribution is 0.672. The van der Waals surface area contributed by atoms with Gasteiger partial charge in [-0.15, -0.1) is 0 Å². The van der Waals surface area contributed by atoms with E-state index >= 15 is 0 Å². The van der Waals surface area contributed by atoms with Crippen LogP contribution in [-0.2, 0) is 0 Å². The number of para-hydroxylation sites is 1. The molecule has 4 rings (SSSR count). The maximum absolute atomic E-state index is 6.21. The molecule has 0 N–H and O–H groups in total. The molecule has 1 heterocycles. The fourth-order valence-corrected chi connectivity index (χ4v) is 2.74. The van der Waals surface area contributed by atoms with Gasteiger partial charge in [0.15, 0.2) is 0 Å². The van der Waals surface area contributed by atoms with E-state index in [9.17, 15) is 0 Å². The summed E-state index contributed by atoms with van der Waals surface area (Å²) < 4.78 is 5.96. The van der Waals surface area contributed by atoms with Crippen LogP contribution in [0.1, 0.15) is 0 Å². The average molecular weight is 253 g/mol. The molecule has 0 fully saturated rings. The van der Waals surface area contributed by atoms with Crippen molar-refractivity contribution in [2.75, 3.05) is 0 Å². The first-order valence-corrected chi connectivity index (χ1v) is 6.21. The van der Waals surface area contributed by atoms with E-state index in [4.69, 9.17) is 16.0 Å². The summed E-state index contributed by atoms with van der Waals surface area (Å²) in [6, 6.07) is 18.1. The lowest BCUT2D eigenvalue weighted by Gasteiger charge is -2.00. The Balaban J connectivity index is 2.32. The van der Waals surface area contributed by atoms with Gasteiger partial charge in [-0.05, 0) is 18.2 Å². The van der Waals surface area contributed by atoms with Gasteiger partial charge in [0.25, 0.3) is 0 Å². The van der Waals surface area contributed by atoms with E-state index in [1.165, 1.54) is 0 Å². The zero-order chi connectivity index (χ0) is 12.1. The van der Waals surface area contributed by atoms with Gasteiger partial charge in [-0.1, -0.05) is 48.0 Å². The van der Waals surface area contributed by atoms with Crippen LogP contribution >= 0.6 is 11.6 Å². The van der Waals surface area contributed by atoms with Gasteiger partial charge in [0.05, 0.1) is 0 Å². The normalized spacial score (nSPS) is 11.6. The highest BCUT2D eigenvalue weighted by atomic mass is 35.5. The van der Waals surface area contributed by atoms with Crippen LogP contribution in [0.4, 0.5) is 0 Å². The number of rotatable bonds is 0. The fourth-order valence-electron chi connectivity index (χ4n) is 2.50. The molecule has 18 heavy (non-hydrogen) atoms. The number of furan rings is 1. The Labute approximate surface area is 109 Å². The fraction of sp³-hybridized carbons (Fsp3) is 0. The molecule has 0 spiro atoms. The van der Waals surface area contributed by atoms with Gasteiger partial charge in [0.1, 0.15) is 11.2 Å². The van der Waals surface area contributed by atoms with Crippen LogP contribution in [0.3, 0.4) is 0 Å². The highest BCUT2D eigenvalue weighted by Gasteiger charge is 2.10. The summed E-state index contributed by atoms with van der Waals surface area (Å²) >= 11 is 6.21. The molecule has 0 aliphatic heterocycles. The molecule has 1 nitrogen and oxygen atoms in total. The highest BCUT2D eigenvalue weighted by Crippen LogP contribution is 2.35. The topological polar surface area (TPSA) is 13.1 Å². The molecule has 0 saturated heterocycles. The molecular formula is C16H9ClO. The smallest absolute Gasteiger partial charge is 0.143 e. The Kier molecular flexibility index (Phi) is 1.94. The molecule has 0 saturated carbocycles. The minimum absolute atomic E-state index is 0.759. The van der Waals surface area contributed by atoms with Gasteiger partial charge in [-0.3, -0.25) is 0 Å². The molecular weight excluding hydrogens is 244 g/mol. The van der Waals surface area contributed by atoms with Crippen molar-refractivity contribution in [1.82, 2.24) is 0 Å². The van der Waals surface area contributed by atoms with Crippen molar-refractivity contribution in [3.63, 3.8) is 0 Å².